The van der Waals surface area contributed by atoms with Crippen LogP contribution in [0.25, 0.3) is 15.8 Å². The van der Waals surface area contributed by atoms with Crippen molar-refractivity contribution in [3.8, 4) is 11.8 Å². The van der Waals surface area contributed by atoms with Crippen molar-refractivity contribution in [3.63, 3.8) is 0 Å². The van der Waals surface area contributed by atoms with Crippen LogP contribution in [0.4, 0.5) is 28.9 Å². The molecular weight excluding hydrogens is 528 g/mol. The third kappa shape index (κ3) is 6.58. The molecule has 0 saturated heterocycles. The fraction of sp³-hybridized carbons (Fsp3) is 0.0800. The fourth-order valence-electron chi connectivity index (χ4n) is 3.15. The molecule has 3 aromatic carbocycles. The summed E-state index contributed by atoms with van der Waals surface area (Å²) in [6.07, 6.45) is 0. The molecule has 0 aliphatic carbocycles. The summed E-state index contributed by atoms with van der Waals surface area (Å²) in [5.41, 5.74) is 0.613. The molecule has 1 aromatic heterocycles. The third-order valence-electron chi connectivity index (χ3n) is 4.75. The monoisotopic (exact) mass is 544 g/mol. The van der Waals surface area contributed by atoms with Crippen LogP contribution in [0.3, 0.4) is 0 Å². The molecule has 0 fully saturated rings. The van der Waals surface area contributed by atoms with Gasteiger partial charge in [0.2, 0.25) is 5.91 Å². The summed E-state index contributed by atoms with van der Waals surface area (Å²) in [5.74, 6) is -2.79. The van der Waals surface area contributed by atoms with Crippen LogP contribution in [0.2, 0.25) is 0 Å². The highest BCUT2D eigenvalue weighted by Crippen LogP contribution is 2.34. The molecule has 0 aliphatic heterocycles. The van der Waals surface area contributed by atoms with E-state index in [9.17, 15) is 27.6 Å². The zero-order valence-corrected chi connectivity index (χ0v) is 20.3. The number of alkyl halides is 2. The van der Waals surface area contributed by atoms with Crippen molar-refractivity contribution in [2.75, 3.05) is 16.4 Å². The largest absolute Gasteiger partial charge is 0.433 e. The summed E-state index contributed by atoms with van der Waals surface area (Å²) in [7, 11) is 0. The summed E-state index contributed by atoms with van der Waals surface area (Å²) >= 11 is 2.10. The van der Waals surface area contributed by atoms with Gasteiger partial charge in [0, 0.05) is 6.07 Å². The summed E-state index contributed by atoms with van der Waals surface area (Å²) in [5, 5.41) is 15.6. The Labute approximate surface area is 216 Å². The summed E-state index contributed by atoms with van der Waals surface area (Å²) in [6, 6.07) is 17.8. The van der Waals surface area contributed by atoms with E-state index in [-0.39, 0.29) is 33.5 Å². The minimum atomic E-state index is -3.08. The van der Waals surface area contributed by atoms with Gasteiger partial charge in [0.25, 0.3) is 0 Å². The summed E-state index contributed by atoms with van der Waals surface area (Å²) < 4.78 is 58.4. The van der Waals surface area contributed by atoms with Crippen LogP contribution < -0.4 is 15.4 Å². The second kappa shape index (κ2) is 11.8. The highest BCUT2D eigenvalue weighted by Gasteiger charge is 2.19. The SMILES string of the molecule is N#CC(=C(Nc1ccc(F)cc1F)SCC(=O)Nc1ccccc1OC(F)F)c1nc2ccccc2s1. The van der Waals surface area contributed by atoms with Gasteiger partial charge in [-0.1, -0.05) is 36.0 Å². The Morgan fingerprint density at radius 1 is 1.05 bits per heavy atom. The molecule has 0 bridgehead atoms. The first kappa shape index (κ1) is 26.0. The molecule has 0 radical (unpaired) electrons. The van der Waals surface area contributed by atoms with Gasteiger partial charge in [0.05, 0.1) is 32.4 Å². The number of rotatable bonds is 9. The molecule has 0 spiro atoms. The number of ether oxygens (including phenoxy) is 1. The second-order valence-electron chi connectivity index (χ2n) is 7.26. The average molecular weight is 545 g/mol. The van der Waals surface area contributed by atoms with E-state index in [1.54, 1.807) is 12.1 Å². The second-order valence-corrected chi connectivity index (χ2v) is 9.28. The minimum absolute atomic E-state index is 0.0307. The van der Waals surface area contributed by atoms with E-state index >= 15 is 0 Å². The van der Waals surface area contributed by atoms with E-state index in [1.165, 1.54) is 35.6 Å². The number of thioether (sulfide) groups is 1. The number of carbonyl (C=O) groups excluding carboxylic acids is 1. The molecule has 0 unspecified atom stereocenters. The number of nitriles is 1. The molecule has 12 heteroatoms. The quantitative estimate of drug-likeness (QED) is 0.177. The van der Waals surface area contributed by atoms with Gasteiger partial charge < -0.3 is 15.4 Å². The maximum Gasteiger partial charge on any atom is 0.387 e. The highest BCUT2D eigenvalue weighted by molar-refractivity contribution is 8.04. The van der Waals surface area contributed by atoms with E-state index < -0.39 is 24.2 Å². The molecule has 6 nitrogen and oxygen atoms in total. The molecule has 1 heterocycles. The summed E-state index contributed by atoms with van der Waals surface area (Å²) in [4.78, 5) is 17.1. The number of nitrogens with one attached hydrogen (secondary N) is 2. The number of thiazole rings is 1. The van der Waals surface area contributed by atoms with Crippen molar-refractivity contribution in [2.45, 2.75) is 6.61 Å². The molecule has 1 amide bonds. The van der Waals surface area contributed by atoms with Crippen molar-refractivity contribution in [1.29, 1.82) is 5.26 Å². The standard InChI is InChI=1S/C25H16F4N4O2S2/c26-14-9-10-17(16(27)11-14)32-23(15(12-30)24-33-19-6-2-4-8-21(19)37-24)36-13-22(34)31-18-5-1-3-7-20(18)35-25(28)29/h1-11,25,32H,13H2,(H,31,34). The van der Waals surface area contributed by atoms with E-state index in [0.717, 1.165) is 28.6 Å². The lowest BCUT2D eigenvalue weighted by Crippen LogP contribution is -2.16. The zero-order chi connectivity index (χ0) is 26.4. The zero-order valence-electron chi connectivity index (χ0n) is 18.7. The highest BCUT2D eigenvalue weighted by atomic mass is 32.2. The van der Waals surface area contributed by atoms with Crippen molar-refractivity contribution in [3.05, 3.63) is 88.4 Å². The number of anilines is 2. The molecule has 188 valence electrons. The van der Waals surface area contributed by atoms with Gasteiger partial charge in [-0.2, -0.15) is 14.0 Å². The van der Waals surface area contributed by atoms with Gasteiger partial charge in [-0.3, -0.25) is 4.79 Å². The van der Waals surface area contributed by atoms with Gasteiger partial charge in [0.15, 0.2) is 0 Å². The Kier molecular flexibility index (Phi) is 8.27. The molecule has 4 aromatic rings. The number of halogens is 4. The Morgan fingerprint density at radius 2 is 1.81 bits per heavy atom. The molecule has 0 saturated carbocycles. The molecule has 37 heavy (non-hydrogen) atoms. The Bertz CT molecular complexity index is 1490. The molecule has 0 atom stereocenters. The van der Waals surface area contributed by atoms with Crippen LogP contribution in [-0.2, 0) is 4.79 Å². The number of nitrogens with zero attached hydrogens (tertiary/aromatic N) is 2. The summed E-state index contributed by atoms with van der Waals surface area (Å²) in [6.45, 7) is -3.08. The minimum Gasteiger partial charge on any atom is -0.433 e. The van der Waals surface area contributed by atoms with Crippen molar-refractivity contribution >= 4 is 56.2 Å². The Balaban J connectivity index is 1.63. The molecule has 0 aliphatic rings. The van der Waals surface area contributed by atoms with Gasteiger partial charge in [-0.15, -0.1) is 11.3 Å². The predicted octanol–water partition coefficient (Wildman–Crippen LogP) is 6.85. The lowest BCUT2D eigenvalue weighted by Gasteiger charge is -2.14. The molecular formula is C25H16F4N4O2S2. The van der Waals surface area contributed by atoms with Crippen molar-refractivity contribution in [1.82, 2.24) is 4.98 Å². The maximum atomic E-state index is 14.4. The van der Waals surface area contributed by atoms with Crippen LogP contribution >= 0.6 is 23.1 Å². The Hall–Kier alpha value is -4.08. The smallest absolute Gasteiger partial charge is 0.387 e. The number of benzene rings is 3. The molecule has 2 N–H and O–H groups in total. The predicted molar refractivity (Wildman–Crippen MR) is 136 cm³/mol. The van der Waals surface area contributed by atoms with Gasteiger partial charge >= 0.3 is 6.61 Å². The van der Waals surface area contributed by atoms with Gasteiger partial charge in [-0.05, 0) is 36.4 Å². The van der Waals surface area contributed by atoms with Crippen LogP contribution in [0.1, 0.15) is 5.01 Å². The topological polar surface area (TPSA) is 87.0 Å². The number of allylic oxidation sites excluding steroid dienone is 1. The first-order chi connectivity index (χ1) is 17.8. The number of carbonyl (C=O) groups is 1. The van der Waals surface area contributed by atoms with Gasteiger partial charge in [0.1, 0.15) is 34.0 Å². The van der Waals surface area contributed by atoms with Gasteiger partial charge in [-0.25, -0.2) is 13.8 Å². The Morgan fingerprint density at radius 3 is 2.54 bits per heavy atom. The van der Waals surface area contributed by atoms with Crippen LogP contribution in [0, 0.1) is 23.0 Å². The lowest BCUT2D eigenvalue weighted by molar-refractivity contribution is -0.113. The number of amides is 1. The van der Waals surface area contributed by atoms with E-state index in [0.29, 0.717) is 16.6 Å². The maximum absolute atomic E-state index is 14.4. The lowest BCUT2D eigenvalue weighted by atomic mass is 10.3. The number of fused-ring (bicyclic) bond motifs is 1. The van der Waals surface area contributed by atoms with Crippen molar-refractivity contribution < 1.29 is 27.1 Å². The van der Waals surface area contributed by atoms with Crippen LogP contribution in [0.15, 0.2) is 71.8 Å². The van der Waals surface area contributed by atoms with Crippen LogP contribution in [-0.4, -0.2) is 23.3 Å². The van der Waals surface area contributed by atoms with E-state index in [1.807, 2.05) is 18.2 Å². The van der Waals surface area contributed by atoms with Crippen molar-refractivity contribution in [2.24, 2.45) is 0 Å². The first-order valence-electron chi connectivity index (χ1n) is 10.5. The molecule has 4 rings (SSSR count). The first-order valence-corrected chi connectivity index (χ1v) is 12.3. The average Bonchev–Trinajstić information content (AvgIpc) is 3.29. The normalized spacial score (nSPS) is 11.7. The fourth-order valence-corrected chi connectivity index (χ4v) is 5.00. The number of aromatic nitrogens is 1. The van der Waals surface area contributed by atoms with Crippen LogP contribution in [0.5, 0.6) is 5.75 Å². The third-order valence-corrected chi connectivity index (χ3v) is 6.81. The van der Waals surface area contributed by atoms with E-state index in [4.69, 9.17) is 0 Å². The number of hydrogen-bond donors (Lipinski definition) is 2. The number of para-hydroxylation sites is 3. The number of hydrogen-bond acceptors (Lipinski definition) is 7. The van der Waals surface area contributed by atoms with E-state index in [2.05, 4.69) is 20.4 Å².